The van der Waals surface area contributed by atoms with Crippen LogP contribution in [0, 0.1) is 0 Å². The molecule has 1 aromatic carbocycles. The van der Waals surface area contributed by atoms with Crippen LogP contribution in [0.1, 0.15) is 5.82 Å². The highest BCUT2D eigenvalue weighted by Crippen LogP contribution is 2.38. The highest BCUT2D eigenvalue weighted by Gasteiger charge is 2.24. The fourth-order valence-electron chi connectivity index (χ4n) is 4.07. The van der Waals surface area contributed by atoms with Crippen molar-refractivity contribution in [2.45, 2.75) is 6.54 Å². The molecule has 158 valence electrons. The Morgan fingerprint density at radius 1 is 0.903 bits per heavy atom. The predicted octanol–water partition coefficient (Wildman–Crippen LogP) is 4.14. The molecule has 1 aliphatic heterocycles. The highest BCUT2D eigenvalue weighted by atomic mass is 32.1. The van der Waals surface area contributed by atoms with Crippen molar-refractivity contribution in [3.8, 4) is 11.1 Å². The molecule has 0 unspecified atom stereocenters. The standard InChI is InChI=1S/C24H26N6S/c1-28(2)16-20-26-23(30-14-12-29(13-15-30)21-10-6-7-11-25-21)22-19(17-31-24(22)27-20)18-8-4-3-5-9-18/h3-11,17H,12-16H2,1-2H3. The van der Waals surface area contributed by atoms with E-state index in [0.717, 1.165) is 55.0 Å². The molecule has 6 nitrogen and oxygen atoms in total. The minimum absolute atomic E-state index is 0.732. The Morgan fingerprint density at radius 3 is 2.35 bits per heavy atom. The van der Waals surface area contributed by atoms with Crippen molar-refractivity contribution in [2.24, 2.45) is 0 Å². The summed E-state index contributed by atoms with van der Waals surface area (Å²) in [6, 6.07) is 16.7. The minimum atomic E-state index is 0.732. The molecule has 3 aromatic heterocycles. The first kappa shape index (κ1) is 19.9. The number of nitrogens with zero attached hydrogens (tertiary/aromatic N) is 6. The quantitative estimate of drug-likeness (QED) is 0.474. The van der Waals surface area contributed by atoms with Gasteiger partial charge in [0.2, 0.25) is 0 Å². The maximum absolute atomic E-state index is 5.07. The summed E-state index contributed by atoms with van der Waals surface area (Å²) >= 11 is 1.71. The van der Waals surface area contributed by atoms with Gasteiger partial charge in [-0.2, -0.15) is 0 Å². The van der Waals surface area contributed by atoms with Gasteiger partial charge in [0.05, 0.1) is 11.9 Å². The van der Waals surface area contributed by atoms with E-state index in [1.54, 1.807) is 11.3 Å². The van der Waals surface area contributed by atoms with E-state index in [0.29, 0.717) is 0 Å². The molecule has 0 bridgehead atoms. The number of piperazine rings is 1. The third-order valence-corrected chi connectivity index (χ3v) is 6.43. The van der Waals surface area contributed by atoms with Gasteiger partial charge in [0.1, 0.15) is 22.3 Å². The summed E-state index contributed by atoms with van der Waals surface area (Å²) in [5, 5.41) is 3.40. The number of fused-ring (bicyclic) bond motifs is 1. The number of anilines is 2. The van der Waals surface area contributed by atoms with Gasteiger partial charge >= 0.3 is 0 Å². The molecule has 0 N–H and O–H groups in total. The van der Waals surface area contributed by atoms with Crippen LogP contribution in [-0.2, 0) is 6.54 Å². The van der Waals surface area contributed by atoms with Crippen molar-refractivity contribution in [3.05, 3.63) is 65.9 Å². The Balaban J connectivity index is 1.52. The van der Waals surface area contributed by atoms with Crippen LogP contribution in [0.3, 0.4) is 0 Å². The fourth-order valence-corrected chi connectivity index (χ4v) is 5.03. The number of rotatable bonds is 5. The number of pyridine rings is 1. The largest absolute Gasteiger partial charge is 0.353 e. The normalized spacial score (nSPS) is 14.5. The monoisotopic (exact) mass is 430 g/mol. The van der Waals surface area contributed by atoms with E-state index >= 15 is 0 Å². The molecule has 7 heteroatoms. The van der Waals surface area contributed by atoms with Gasteiger partial charge < -0.3 is 14.7 Å². The van der Waals surface area contributed by atoms with Crippen LogP contribution in [0.15, 0.2) is 60.1 Å². The molecule has 0 saturated carbocycles. The number of benzene rings is 1. The third kappa shape index (κ3) is 4.11. The molecule has 0 atom stereocenters. The Kier molecular flexibility index (Phi) is 5.53. The van der Waals surface area contributed by atoms with E-state index in [2.05, 4.69) is 75.6 Å². The molecule has 0 spiro atoms. The van der Waals surface area contributed by atoms with Crippen molar-refractivity contribution in [3.63, 3.8) is 0 Å². The maximum Gasteiger partial charge on any atom is 0.146 e. The summed E-state index contributed by atoms with van der Waals surface area (Å²) in [6.45, 7) is 4.41. The van der Waals surface area contributed by atoms with Gasteiger partial charge in [0, 0.05) is 43.3 Å². The van der Waals surface area contributed by atoms with E-state index < -0.39 is 0 Å². The first-order valence-electron chi connectivity index (χ1n) is 10.6. The lowest BCUT2D eigenvalue weighted by atomic mass is 10.1. The van der Waals surface area contributed by atoms with E-state index in [4.69, 9.17) is 9.97 Å². The van der Waals surface area contributed by atoms with E-state index in [-0.39, 0.29) is 0 Å². The molecular formula is C24H26N6S. The van der Waals surface area contributed by atoms with E-state index in [9.17, 15) is 0 Å². The average Bonchev–Trinajstić information content (AvgIpc) is 3.23. The first-order valence-corrected chi connectivity index (χ1v) is 11.5. The Morgan fingerprint density at radius 2 is 1.65 bits per heavy atom. The van der Waals surface area contributed by atoms with Crippen LogP contribution in [0.5, 0.6) is 0 Å². The Bertz CT molecular complexity index is 1150. The second kappa shape index (κ2) is 8.61. The molecule has 0 amide bonds. The van der Waals surface area contributed by atoms with Crippen molar-refractivity contribution in [1.82, 2.24) is 19.9 Å². The lowest BCUT2D eigenvalue weighted by Crippen LogP contribution is -2.47. The van der Waals surface area contributed by atoms with Gasteiger partial charge in [0.25, 0.3) is 0 Å². The van der Waals surface area contributed by atoms with Crippen molar-refractivity contribution in [2.75, 3.05) is 50.1 Å². The van der Waals surface area contributed by atoms with Crippen LogP contribution in [0.25, 0.3) is 21.3 Å². The molecule has 1 aliphatic rings. The molecule has 5 rings (SSSR count). The zero-order valence-corrected chi connectivity index (χ0v) is 18.7. The zero-order valence-electron chi connectivity index (χ0n) is 17.9. The van der Waals surface area contributed by atoms with Crippen molar-refractivity contribution < 1.29 is 0 Å². The fraction of sp³-hybridized carbons (Fsp3) is 0.292. The summed E-state index contributed by atoms with van der Waals surface area (Å²) in [5.74, 6) is 2.98. The average molecular weight is 431 g/mol. The van der Waals surface area contributed by atoms with E-state index in [1.807, 2.05) is 18.3 Å². The van der Waals surface area contributed by atoms with Gasteiger partial charge in [-0.05, 0) is 31.8 Å². The highest BCUT2D eigenvalue weighted by molar-refractivity contribution is 7.17. The van der Waals surface area contributed by atoms with Crippen LogP contribution >= 0.6 is 11.3 Å². The molecule has 1 fully saturated rings. The summed E-state index contributed by atoms with van der Waals surface area (Å²) in [7, 11) is 4.12. The topological polar surface area (TPSA) is 48.4 Å². The van der Waals surface area contributed by atoms with Gasteiger partial charge in [0.15, 0.2) is 0 Å². The number of thiophene rings is 1. The third-order valence-electron chi connectivity index (χ3n) is 5.56. The summed E-state index contributed by atoms with van der Waals surface area (Å²) in [6.07, 6.45) is 1.86. The number of hydrogen-bond acceptors (Lipinski definition) is 7. The summed E-state index contributed by atoms with van der Waals surface area (Å²) in [4.78, 5) is 22.4. The van der Waals surface area contributed by atoms with Crippen molar-refractivity contribution in [1.29, 1.82) is 0 Å². The molecule has 0 radical (unpaired) electrons. The van der Waals surface area contributed by atoms with Crippen LogP contribution in [-0.4, -0.2) is 60.1 Å². The molecule has 1 saturated heterocycles. The Hall–Kier alpha value is -3.03. The van der Waals surface area contributed by atoms with E-state index in [1.165, 1.54) is 16.5 Å². The maximum atomic E-state index is 5.07. The second-order valence-corrected chi connectivity index (χ2v) is 8.92. The van der Waals surface area contributed by atoms with Crippen molar-refractivity contribution >= 4 is 33.2 Å². The number of hydrogen-bond donors (Lipinski definition) is 0. The zero-order chi connectivity index (χ0) is 21.2. The smallest absolute Gasteiger partial charge is 0.146 e. The first-order chi connectivity index (χ1) is 15.2. The summed E-state index contributed by atoms with van der Waals surface area (Å²) in [5.41, 5.74) is 2.44. The summed E-state index contributed by atoms with van der Waals surface area (Å²) < 4.78 is 0. The molecule has 4 heterocycles. The lowest BCUT2D eigenvalue weighted by molar-refractivity contribution is 0.391. The molecule has 4 aromatic rings. The van der Waals surface area contributed by atoms with Gasteiger partial charge in [-0.15, -0.1) is 11.3 Å². The van der Waals surface area contributed by atoms with Gasteiger partial charge in [-0.3, -0.25) is 0 Å². The second-order valence-electron chi connectivity index (χ2n) is 8.06. The Labute approximate surface area is 186 Å². The number of aromatic nitrogens is 3. The molecule has 0 aliphatic carbocycles. The van der Waals surface area contributed by atoms with Crippen LogP contribution in [0.4, 0.5) is 11.6 Å². The molecular weight excluding hydrogens is 404 g/mol. The minimum Gasteiger partial charge on any atom is -0.353 e. The van der Waals surface area contributed by atoms with Gasteiger partial charge in [-0.25, -0.2) is 15.0 Å². The van der Waals surface area contributed by atoms with Crippen LogP contribution in [0.2, 0.25) is 0 Å². The van der Waals surface area contributed by atoms with Gasteiger partial charge in [-0.1, -0.05) is 36.4 Å². The molecule has 31 heavy (non-hydrogen) atoms. The lowest BCUT2D eigenvalue weighted by Gasteiger charge is -2.36. The SMILES string of the molecule is CN(C)Cc1nc(N2CCN(c3ccccn3)CC2)c2c(-c3ccccc3)csc2n1. The van der Waals surface area contributed by atoms with Crippen LogP contribution < -0.4 is 9.80 Å². The predicted molar refractivity (Wildman–Crippen MR) is 129 cm³/mol.